The lowest BCUT2D eigenvalue weighted by molar-refractivity contribution is -0.385. The maximum atomic E-state index is 11.1. The molecular weight excluding hydrogens is 468 g/mol. The molecule has 10 nitrogen and oxygen atoms in total. The van der Waals surface area contributed by atoms with Crippen LogP contribution in [0.3, 0.4) is 0 Å². The molecule has 198 valence electrons. The zero-order valence-corrected chi connectivity index (χ0v) is 22.1. The van der Waals surface area contributed by atoms with Crippen LogP contribution in [-0.4, -0.2) is 83.2 Å². The Hall–Kier alpha value is -3.33. The summed E-state index contributed by atoms with van der Waals surface area (Å²) in [6.45, 7) is 11.8. The third-order valence-electron chi connectivity index (χ3n) is 7.79. The molecule has 0 aromatic carbocycles. The fourth-order valence-corrected chi connectivity index (χ4v) is 5.85. The van der Waals surface area contributed by atoms with E-state index in [1.54, 1.807) is 6.07 Å². The molecule has 3 aliphatic rings. The average Bonchev–Trinajstić information content (AvgIpc) is 2.90. The van der Waals surface area contributed by atoms with Crippen molar-refractivity contribution in [3.05, 3.63) is 57.0 Å². The van der Waals surface area contributed by atoms with Gasteiger partial charge in [0.25, 0.3) is 5.69 Å². The molecule has 1 aliphatic carbocycles. The van der Waals surface area contributed by atoms with Gasteiger partial charge in [0.05, 0.1) is 4.92 Å². The summed E-state index contributed by atoms with van der Waals surface area (Å²) in [4.78, 5) is 26.6. The molecule has 0 spiro atoms. The summed E-state index contributed by atoms with van der Waals surface area (Å²) in [5, 5.41) is 18.4. The number of allylic oxidation sites excluding steroid dienone is 1. The van der Waals surface area contributed by atoms with E-state index in [0.717, 1.165) is 87.4 Å². The lowest BCUT2D eigenvalue weighted by Crippen LogP contribution is -2.58. The van der Waals surface area contributed by atoms with Crippen LogP contribution in [0.1, 0.15) is 38.7 Å². The minimum absolute atomic E-state index is 0.0425. The molecule has 0 saturated carbocycles. The molecule has 0 amide bonds. The summed E-state index contributed by atoms with van der Waals surface area (Å²) >= 11 is 0. The number of nitro groups is 1. The standard InChI is InChI=1S/C27H38N8O2/c1-4-22-17-33(27-20(3)14-24(15-30-27)35(36)37)11-12-34(22)23-7-9-32(10-8-23)16-21-6-5-19(2)13-25(21)26(29)31-18-28/h5-6,14-15,18,21-23H,4,7-12,16-17H2,1-3H3,(H3,28,29,31). The number of nitrogens with two attached hydrogens (primary N) is 1. The SMILES string of the molecule is CCC1CN(c2ncc([N+](=O)[O-])cc2C)CCN1C1CCN(CC2C=CC(C)=C=C2C(N)=NC=N)CC1. The quantitative estimate of drug-likeness (QED) is 0.182. The van der Waals surface area contributed by atoms with Crippen molar-refractivity contribution >= 4 is 23.7 Å². The molecule has 2 unspecified atom stereocenters. The van der Waals surface area contributed by atoms with Crippen molar-refractivity contribution in [2.75, 3.05) is 44.2 Å². The molecular formula is C27H38N8O2. The molecule has 0 radical (unpaired) electrons. The molecule has 2 fully saturated rings. The van der Waals surface area contributed by atoms with Gasteiger partial charge >= 0.3 is 0 Å². The van der Waals surface area contributed by atoms with E-state index in [-0.39, 0.29) is 16.5 Å². The molecule has 2 atom stereocenters. The van der Waals surface area contributed by atoms with Crippen LogP contribution in [0.15, 0.2) is 46.3 Å². The van der Waals surface area contributed by atoms with Gasteiger partial charge in [0.2, 0.25) is 0 Å². The van der Waals surface area contributed by atoms with E-state index in [0.29, 0.717) is 17.9 Å². The predicted octanol–water partition coefficient (Wildman–Crippen LogP) is 3.29. The molecule has 1 aromatic heterocycles. The molecule has 37 heavy (non-hydrogen) atoms. The van der Waals surface area contributed by atoms with E-state index >= 15 is 0 Å². The van der Waals surface area contributed by atoms with Gasteiger partial charge in [-0.25, -0.2) is 9.98 Å². The average molecular weight is 507 g/mol. The largest absolute Gasteiger partial charge is 0.383 e. The van der Waals surface area contributed by atoms with E-state index in [2.05, 4.69) is 49.5 Å². The van der Waals surface area contributed by atoms with Crippen molar-refractivity contribution in [2.24, 2.45) is 16.6 Å². The molecule has 3 heterocycles. The number of hydrogen-bond donors (Lipinski definition) is 2. The minimum Gasteiger partial charge on any atom is -0.383 e. The third kappa shape index (κ3) is 6.15. The van der Waals surface area contributed by atoms with Crippen molar-refractivity contribution in [3.63, 3.8) is 0 Å². The van der Waals surface area contributed by atoms with Crippen LogP contribution >= 0.6 is 0 Å². The highest BCUT2D eigenvalue weighted by Gasteiger charge is 2.34. The molecule has 1 aromatic rings. The maximum Gasteiger partial charge on any atom is 0.287 e. The number of rotatable bonds is 8. The van der Waals surface area contributed by atoms with Gasteiger partial charge in [0.15, 0.2) is 0 Å². The summed E-state index contributed by atoms with van der Waals surface area (Å²) < 4.78 is 0. The van der Waals surface area contributed by atoms with Gasteiger partial charge in [0, 0.05) is 55.8 Å². The lowest BCUT2D eigenvalue weighted by atomic mass is 9.91. The second-order valence-electron chi connectivity index (χ2n) is 10.2. The highest BCUT2D eigenvalue weighted by atomic mass is 16.6. The highest BCUT2D eigenvalue weighted by Crippen LogP contribution is 2.29. The Kier molecular flexibility index (Phi) is 8.53. The second kappa shape index (κ2) is 11.8. The van der Waals surface area contributed by atoms with Crippen LogP contribution in [0.4, 0.5) is 11.5 Å². The number of nitrogens with zero attached hydrogens (tertiary/aromatic N) is 6. The number of aliphatic imine (C=N–C) groups is 1. The van der Waals surface area contributed by atoms with Gasteiger partial charge in [-0.3, -0.25) is 20.4 Å². The van der Waals surface area contributed by atoms with Crippen molar-refractivity contribution in [3.8, 4) is 0 Å². The molecule has 2 aliphatic heterocycles. The van der Waals surface area contributed by atoms with Crippen LogP contribution in [0, 0.1) is 28.4 Å². The molecule has 10 heteroatoms. The van der Waals surface area contributed by atoms with Crippen LogP contribution < -0.4 is 10.6 Å². The summed E-state index contributed by atoms with van der Waals surface area (Å²) in [5.74, 6) is 1.37. The Labute approximate surface area is 218 Å². The summed E-state index contributed by atoms with van der Waals surface area (Å²) in [6.07, 6.45) is 9.93. The Morgan fingerprint density at radius 3 is 2.73 bits per heavy atom. The van der Waals surface area contributed by atoms with Crippen molar-refractivity contribution in [1.29, 1.82) is 5.41 Å². The number of likely N-dealkylation sites (tertiary alicyclic amines) is 1. The van der Waals surface area contributed by atoms with Crippen molar-refractivity contribution < 1.29 is 4.92 Å². The Morgan fingerprint density at radius 2 is 2.08 bits per heavy atom. The van der Waals surface area contributed by atoms with Gasteiger partial charge in [0.1, 0.15) is 24.2 Å². The minimum atomic E-state index is -0.388. The van der Waals surface area contributed by atoms with Crippen LogP contribution in [0.25, 0.3) is 0 Å². The first-order valence-corrected chi connectivity index (χ1v) is 13.1. The van der Waals surface area contributed by atoms with Gasteiger partial charge in [-0.2, -0.15) is 0 Å². The lowest BCUT2D eigenvalue weighted by Gasteiger charge is -2.48. The van der Waals surface area contributed by atoms with Crippen molar-refractivity contribution in [1.82, 2.24) is 14.8 Å². The van der Waals surface area contributed by atoms with E-state index < -0.39 is 0 Å². The van der Waals surface area contributed by atoms with Gasteiger partial charge in [-0.1, -0.05) is 19.1 Å². The Bertz CT molecular complexity index is 1150. The van der Waals surface area contributed by atoms with Crippen molar-refractivity contribution in [2.45, 2.75) is 52.1 Å². The smallest absolute Gasteiger partial charge is 0.287 e. The fraction of sp³-hybridized carbons (Fsp3) is 0.556. The van der Waals surface area contributed by atoms with Crippen LogP contribution in [0.2, 0.25) is 0 Å². The molecule has 4 rings (SSSR count). The number of aromatic nitrogens is 1. The first-order chi connectivity index (χ1) is 17.8. The van der Waals surface area contributed by atoms with Crippen LogP contribution in [-0.2, 0) is 0 Å². The van der Waals surface area contributed by atoms with E-state index in [1.807, 2.05) is 13.8 Å². The highest BCUT2D eigenvalue weighted by molar-refractivity contribution is 6.01. The number of nitrogens with one attached hydrogen (secondary N) is 1. The predicted molar refractivity (Wildman–Crippen MR) is 147 cm³/mol. The number of aryl methyl sites for hydroxylation is 1. The summed E-state index contributed by atoms with van der Waals surface area (Å²) in [6, 6.07) is 2.61. The number of pyridine rings is 1. The zero-order chi connectivity index (χ0) is 26.5. The van der Waals surface area contributed by atoms with E-state index in [4.69, 9.17) is 11.1 Å². The first-order valence-electron chi connectivity index (χ1n) is 13.1. The Balaban J connectivity index is 1.35. The normalized spacial score (nSPS) is 24.1. The number of amidine groups is 1. The second-order valence-corrected chi connectivity index (χ2v) is 10.2. The molecule has 3 N–H and O–H groups in total. The summed E-state index contributed by atoms with van der Waals surface area (Å²) in [5.41, 5.74) is 12.3. The fourth-order valence-electron chi connectivity index (χ4n) is 5.85. The first kappa shape index (κ1) is 26.7. The number of hydrogen-bond acceptors (Lipinski definition) is 7. The summed E-state index contributed by atoms with van der Waals surface area (Å²) in [7, 11) is 0. The molecule has 2 saturated heterocycles. The van der Waals surface area contributed by atoms with E-state index in [9.17, 15) is 10.1 Å². The maximum absolute atomic E-state index is 11.1. The number of anilines is 1. The number of piperidine rings is 1. The number of piperazine rings is 1. The van der Waals surface area contributed by atoms with Crippen LogP contribution in [0.5, 0.6) is 0 Å². The van der Waals surface area contributed by atoms with Gasteiger partial charge < -0.3 is 15.5 Å². The zero-order valence-electron chi connectivity index (χ0n) is 22.1. The molecule has 0 bridgehead atoms. The van der Waals surface area contributed by atoms with Gasteiger partial charge in [-0.05, 0) is 57.3 Å². The van der Waals surface area contributed by atoms with Gasteiger partial charge in [-0.15, -0.1) is 5.73 Å². The van der Waals surface area contributed by atoms with E-state index in [1.165, 1.54) is 6.20 Å². The monoisotopic (exact) mass is 506 g/mol. The third-order valence-corrected chi connectivity index (χ3v) is 7.79. The topological polar surface area (TPSA) is 128 Å². The Morgan fingerprint density at radius 1 is 1.32 bits per heavy atom.